The molecule has 2 N–H and O–H groups in total. The number of aromatic hydroxyl groups is 1. The number of anilines is 1. The normalized spacial score (nSPS) is 11.1. The Kier molecular flexibility index (Phi) is 5.99. The summed E-state index contributed by atoms with van der Waals surface area (Å²) in [6, 6.07) is 18.1. The Hall–Kier alpha value is -5.06. The fourth-order valence-corrected chi connectivity index (χ4v) is 3.34. The molecule has 0 bridgehead atoms. The van der Waals surface area contributed by atoms with Gasteiger partial charge in [-0.25, -0.2) is 0 Å². The first-order chi connectivity index (χ1) is 16.3. The number of azo groups is 1. The van der Waals surface area contributed by atoms with Crippen LogP contribution in [-0.4, -0.2) is 26.4 Å². The minimum Gasteiger partial charge on any atom is -0.872 e. The average Bonchev–Trinajstić information content (AvgIpc) is 3.09. The van der Waals surface area contributed by atoms with Crippen molar-refractivity contribution in [3.63, 3.8) is 0 Å². The standard InChI is InChI=1S/C23H17N5O6/c29-19-11-10-15(28(33)34)12-17(19)22(31)26-25-21-16-8-4-5-9-18(16)27(23(21)32)13-20(30)24-14-6-2-1-3-7-14/h1-12,29,32H,13H2,(H,24,30)/p-1. The van der Waals surface area contributed by atoms with E-state index in [2.05, 4.69) is 15.5 Å². The Morgan fingerprint density at radius 3 is 2.47 bits per heavy atom. The summed E-state index contributed by atoms with van der Waals surface area (Å²) in [5, 5.41) is 44.1. The predicted molar refractivity (Wildman–Crippen MR) is 120 cm³/mol. The van der Waals surface area contributed by atoms with Crippen LogP contribution >= 0.6 is 0 Å². The summed E-state index contributed by atoms with van der Waals surface area (Å²) in [4.78, 5) is 35.1. The lowest BCUT2D eigenvalue weighted by Crippen LogP contribution is -2.18. The second-order valence-electron chi connectivity index (χ2n) is 7.13. The lowest BCUT2D eigenvalue weighted by molar-refractivity contribution is -0.385. The van der Waals surface area contributed by atoms with Crippen molar-refractivity contribution >= 4 is 39.8 Å². The second kappa shape index (κ2) is 9.20. The first-order valence-electron chi connectivity index (χ1n) is 9.92. The van der Waals surface area contributed by atoms with Crippen LogP contribution in [0.5, 0.6) is 11.6 Å². The minimum atomic E-state index is -1.10. The van der Waals surface area contributed by atoms with E-state index >= 15 is 0 Å². The van der Waals surface area contributed by atoms with Crippen LogP contribution < -0.4 is 10.4 Å². The van der Waals surface area contributed by atoms with Gasteiger partial charge in [-0.15, -0.1) is 10.2 Å². The molecular formula is C23H16N5O6-. The summed E-state index contributed by atoms with van der Waals surface area (Å²) >= 11 is 0. The Morgan fingerprint density at radius 1 is 1.03 bits per heavy atom. The molecule has 11 heteroatoms. The number of benzene rings is 3. The molecule has 0 aliphatic heterocycles. The fourth-order valence-electron chi connectivity index (χ4n) is 3.34. The zero-order chi connectivity index (χ0) is 24.2. The molecule has 34 heavy (non-hydrogen) atoms. The van der Waals surface area contributed by atoms with Crippen LogP contribution in [0.1, 0.15) is 10.4 Å². The van der Waals surface area contributed by atoms with Gasteiger partial charge in [-0.05, 0) is 18.2 Å². The molecule has 1 heterocycles. The lowest BCUT2D eigenvalue weighted by atomic mass is 10.1. The van der Waals surface area contributed by atoms with Crippen molar-refractivity contribution in [3.8, 4) is 11.6 Å². The average molecular weight is 458 g/mol. The molecule has 3 aromatic carbocycles. The Bertz CT molecular complexity index is 1450. The van der Waals surface area contributed by atoms with Gasteiger partial charge in [0.1, 0.15) is 6.54 Å². The van der Waals surface area contributed by atoms with Gasteiger partial charge in [0.2, 0.25) is 11.8 Å². The van der Waals surface area contributed by atoms with Gasteiger partial charge in [0, 0.05) is 28.8 Å². The molecule has 1 aromatic heterocycles. The molecule has 0 unspecified atom stereocenters. The zero-order valence-electron chi connectivity index (χ0n) is 17.4. The Balaban J connectivity index is 1.65. The van der Waals surface area contributed by atoms with E-state index in [1.807, 2.05) is 6.07 Å². The van der Waals surface area contributed by atoms with E-state index in [0.29, 0.717) is 16.6 Å². The number of amides is 2. The molecule has 0 spiro atoms. The maximum Gasteiger partial charge on any atom is 0.295 e. The van der Waals surface area contributed by atoms with Gasteiger partial charge < -0.3 is 20.1 Å². The highest BCUT2D eigenvalue weighted by Gasteiger charge is 2.19. The number of nitrogens with zero attached hydrogens (tertiary/aromatic N) is 4. The molecule has 0 saturated heterocycles. The smallest absolute Gasteiger partial charge is 0.295 e. The minimum absolute atomic E-state index is 0.0886. The van der Waals surface area contributed by atoms with E-state index in [4.69, 9.17) is 0 Å². The molecule has 0 fully saturated rings. The highest BCUT2D eigenvalue weighted by molar-refractivity contribution is 6.00. The van der Waals surface area contributed by atoms with Crippen molar-refractivity contribution in [1.82, 2.24) is 4.57 Å². The number of nitro groups is 1. The number of non-ortho nitro benzene ring substituents is 1. The SMILES string of the molecule is O=C(Cn1c(O)c(N=NC(=O)c2cc([N+](=O)[O-])ccc2[O-])c2ccccc21)Nc1ccccc1. The van der Waals surface area contributed by atoms with Crippen molar-refractivity contribution in [3.05, 3.63) is 88.5 Å². The molecule has 0 saturated carbocycles. The van der Waals surface area contributed by atoms with Crippen molar-refractivity contribution in [2.24, 2.45) is 10.2 Å². The van der Waals surface area contributed by atoms with Crippen LogP contribution in [0.2, 0.25) is 0 Å². The van der Waals surface area contributed by atoms with Crippen LogP contribution in [0, 0.1) is 10.1 Å². The van der Waals surface area contributed by atoms with Gasteiger partial charge in [0.05, 0.1) is 10.4 Å². The largest absolute Gasteiger partial charge is 0.872 e. The maximum atomic E-state index is 12.5. The number of para-hydroxylation sites is 2. The summed E-state index contributed by atoms with van der Waals surface area (Å²) < 4.78 is 1.30. The summed E-state index contributed by atoms with van der Waals surface area (Å²) in [5.74, 6) is -2.68. The van der Waals surface area contributed by atoms with Crippen LogP contribution in [0.15, 0.2) is 83.0 Å². The van der Waals surface area contributed by atoms with E-state index < -0.39 is 39.6 Å². The second-order valence-corrected chi connectivity index (χ2v) is 7.13. The number of nitro benzene ring substituents is 1. The van der Waals surface area contributed by atoms with E-state index in [1.54, 1.807) is 48.5 Å². The molecule has 4 aromatic rings. The summed E-state index contributed by atoms with van der Waals surface area (Å²) in [6.45, 7) is -0.250. The van der Waals surface area contributed by atoms with Gasteiger partial charge in [-0.2, -0.15) is 0 Å². The summed E-state index contributed by atoms with van der Waals surface area (Å²) in [7, 11) is 0. The van der Waals surface area contributed by atoms with Gasteiger partial charge >= 0.3 is 0 Å². The first-order valence-corrected chi connectivity index (χ1v) is 9.92. The van der Waals surface area contributed by atoms with Gasteiger partial charge in [0.25, 0.3) is 11.6 Å². The van der Waals surface area contributed by atoms with Crippen molar-refractivity contribution in [2.75, 3.05) is 5.32 Å². The third-order valence-electron chi connectivity index (χ3n) is 4.92. The quantitative estimate of drug-likeness (QED) is 0.253. The van der Waals surface area contributed by atoms with Gasteiger partial charge in [-0.1, -0.05) is 48.2 Å². The molecule has 4 rings (SSSR count). The molecule has 0 radical (unpaired) electrons. The third-order valence-corrected chi connectivity index (χ3v) is 4.92. The predicted octanol–water partition coefficient (Wildman–Crippen LogP) is 3.89. The number of carbonyl (C=O) groups excluding carboxylic acids is 2. The van der Waals surface area contributed by atoms with Crippen LogP contribution in [-0.2, 0) is 11.3 Å². The molecule has 0 aliphatic carbocycles. The number of hydrogen-bond acceptors (Lipinski definition) is 7. The maximum absolute atomic E-state index is 12.5. The lowest BCUT2D eigenvalue weighted by Gasteiger charge is -2.09. The van der Waals surface area contributed by atoms with Crippen molar-refractivity contribution in [2.45, 2.75) is 6.54 Å². The number of hydrogen-bond donors (Lipinski definition) is 2. The number of aromatic nitrogens is 1. The molecule has 2 amide bonds. The number of carbonyl (C=O) groups is 2. The van der Waals surface area contributed by atoms with E-state index in [9.17, 15) is 29.9 Å². The van der Waals surface area contributed by atoms with Crippen LogP contribution in [0.3, 0.4) is 0 Å². The van der Waals surface area contributed by atoms with Crippen LogP contribution in [0.25, 0.3) is 10.9 Å². The van der Waals surface area contributed by atoms with E-state index in [0.717, 1.165) is 18.2 Å². The van der Waals surface area contributed by atoms with Gasteiger partial charge in [-0.3, -0.25) is 19.7 Å². The first kappa shape index (κ1) is 22.1. The third kappa shape index (κ3) is 4.43. The molecule has 170 valence electrons. The van der Waals surface area contributed by atoms with Crippen molar-refractivity contribution < 1.29 is 24.7 Å². The zero-order valence-corrected chi connectivity index (χ0v) is 17.4. The highest BCUT2D eigenvalue weighted by Crippen LogP contribution is 2.39. The van der Waals surface area contributed by atoms with E-state index in [-0.39, 0.29) is 12.2 Å². The van der Waals surface area contributed by atoms with Crippen LogP contribution in [0.4, 0.5) is 17.1 Å². The van der Waals surface area contributed by atoms with E-state index in [1.165, 1.54) is 4.57 Å². The Labute approximate surface area is 191 Å². The van der Waals surface area contributed by atoms with Crippen molar-refractivity contribution in [1.29, 1.82) is 0 Å². The highest BCUT2D eigenvalue weighted by atomic mass is 16.6. The Morgan fingerprint density at radius 2 is 1.74 bits per heavy atom. The molecular weight excluding hydrogens is 442 g/mol. The number of nitrogens with one attached hydrogen (secondary N) is 1. The molecule has 11 nitrogen and oxygen atoms in total. The number of rotatable bonds is 6. The molecule has 0 aliphatic rings. The topological polar surface area (TPSA) is 162 Å². The molecule has 0 atom stereocenters. The van der Waals surface area contributed by atoms with Gasteiger partial charge in [0.15, 0.2) is 5.69 Å². The number of fused-ring (bicyclic) bond motifs is 1. The fraction of sp³-hybridized carbons (Fsp3) is 0.0435. The summed E-state index contributed by atoms with van der Waals surface area (Å²) in [5.41, 5.74) is -0.0106. The monoisotopic (exact) mass is 458 g/mol. The summed E-state index contributed by atoms with van der Waals surface area (Å²) in [6.07, 6.45) is 0.